The van der Waals surface area contributed by atoms with E-state index in [0.29, 0.717) is 6.61 Å². The van der Waals surface area contributed by atoms with Crippen molar-refractivity contribution in [2.75, 3.05) is 6.61 Å². The predicted molar refractivity (Wildman–Crippen MR) is 84.7 cm³/mol. The van der Waals surface area contributed by atoms with Gasteiger partial charge in [0.1, 0.15) is 0 Å². The first-order valence-corrected chi connectivity index (χ1v) is 8.01. The highest BCUT2D eigenvalue weighted by atomic mass is 79.9. The third-order valence-corrected chi connectivity index (χ3v) is 4.57. The van der Waals surface area contributed by atoms with Crippen molar-refractivity contribution >= 4 is 15.9 Å². The molecule has 1 aromatic carbocycles. The van der Waals surface area contributed by atoms with Gasteiger partial charge in [-0.05, 0) is 38.8 Å². The molecule has 1 saturated heterocycles. The van der Waals surface area contributed by atoms with Crippen LogP contribution >= 0.6 is 15.9 Å². The Morgan fingerprint density at radius 1 is 1.45 bits per heavy atom. The fraction of sp³-hybridized carbons (Fsp3) is 0.625. The minimum absolute atomic E-state index is 0.120. The van der Waals surface area contributed by atoms with Crippen LogP contribution in [0, 0.1) is 0 Å². The van der Waals surface area contributed by atoms with Gasteiger partial charge < -0.3 is 15.2 Å². The van der Waals surface area contributed by atoms with Gasteiger partial charge in [0.2, 0.25) is 5.79 Å². The molecule has 0 aromatic heterocycles. The van der Waals surface area contributed by atoms with Crippen molar-refractivity contribution in [1.82, 2.24) is 5.32 Å². The van der Waals surface area contributed by atoms with Crippen molar-refractivity contribution in [1.29, 1.82) is 0 Å². The van der Waals surface area contributed by atoms with Crippen LogP contribution in [0.4, 0.5) is 0 Å². The van der Waals surface area contributed by atoms with Crippen molar-refractivity contribution in [3.8, 4) is 0 Å². The Labute approximate surface area is 129 Å². The van der Waals surface area contributed by atoms with Crippen LogP contribution < -0.4 is 5.32 Å². The maximum atomic E-state index is 10.9. The summed E-state index contributed by atoms with van der Waals surface area (Å²) in [6.45, 7) is 8.73. The lowest BCUT2D eigenvalue weighted by atomic mass is 9.92. The fourth-order valence-corrected chi connectivity index (χ4v) is 3.29. The van der Waals surface area contributed by atoms with Gasteiger partial charge in [0.05, 0.1) is 12.6 Å². The first-order chi connectivity index (χ1) is 9.28. The molecule has 20 heavy (non-hydrogen) atoms. The zero-order chi connectivity index (χ0) is 15.0. The zero-order valence-electron chi connectivity index (χ0n) is 12.7. The second kappa shape index (κ2) is 5.76. The molecule has 0 spiro atoms. The van der Waals surface area contributed by atoms with Gasteiger partial charge in [-0.1, -0.05) is 41.4 Å². The molecule has 112 valence electrons. The van der Waals surface area contributed by atoms with Gasteiger partial charge in [-0.2, -0.15) is 0 Å². The third-order valence-electron chi connectivity index (χ3n) is 3.83. The highest BCUT2D eigenvalue weighted by Crippen LogP contribution is 2.34. The summed E-state index contributed by atoms with van der Waals surface area (Å²) in [5.41, 5.74) is 1.93. The molecule has 2 atom stereocenters. The second-order valence-corrected chi connectivity index (χ2v) is 7.15. The van der Waals surface area contributed by atoms with Crippen LogP contribution in [-0.4, -0.2) is 23.3 Å². The smallest absolute Gasteiger partial charge is 0.208 e. The normalized spacial score (nSPS) is 29.4. The quantitative estimate of drug-likeness (QED) is 0.885. The van der Waals surface area contributed by atoms with Gasteiger partial charge in [-0.25, -0.2) is 0 Å². The van der Waals surface area contributed by atoms with E-state index in [0.717, 1.165) is 22.9 Å². The maximum Gasteiger partial charge on any atom is 0.208 e. The lowest BCUT2D eigenvalue weighted by Gasteiger charge is -2.46. The number of aliphatic hydroxyl groups is 1. The molecule has 0 saturated carbocycles. The molecule has 2 N–H and O–H groups in total. The predicted octanol–water partition coefficient (Wildman–Crippen LogP) is 3.33. The van der Waals surface area contributed by atoms with E-state index >= 15 is 0 Å². The van der Waals surface area contributed by atoms with E-state index in [9.17, 15) is 5.11 Å². The van der Waals surface area contributed by atoms with E-state index in [1.807, 2.05) is 19.1 Å². The van der Waals surface area contributed by atoms with Crippen molar-refractivity contribution in [3.63, 3.8) is 0 Å². The number of ether oxygens (including phenoxy) is 1. The molecule has 4 heteroatoms. The average Bonchev–Trinajstić information content (AvgIpc) is 2.37. The Morgan fingerprint density at radius 2 is 2.15 bits per heavy atom. The van der Waals surface area contributed by atoms with Crippen molar-refractivity contribution in [2.24, 2.45) is 0 Å². The summed E-state index contributed by atoms with van der Waals surface area (Å²) in [6, 6.07) is 5.83. The standard InChI is InChI=1S/C16H24BrNO2/c1-5-6-12-7-8-13(9-14(12)17)16(19)11(2)18-15(3,4)10-20-16/h7-9,11,18-19H,5-6,10H2,1-4H3. The molecule has 1 fully saturated rings. The Morgan fingerprint density at radius 3 is 2.70 bits per heavy atom. The van der Waals surface area contributed by atoms with Crippen LogP contribution in [0.5, 0.6) is 0 Å². The minimum Gasteiger partial charge on any atom is -0.361 e. The molecule has 1 heterocycles. The van der Waals surface area contributed by atoms with Gasteiger partial charge >= 0.3 is 0 Å². The average molecular weight is 342 g/mol. The molecule has 0 bridgehead atoms. The van der Waals surface area contributed by atoms with Gasteiger partial charge in [0.25, 0.3) is 0 Å². The summed E-state index contributed by atoms with van der Waals surface area (Å²) in [5.74, 6) is -1.28. The van der Waals surface area contributed by atoms with E-state index < -0.39 is 5.79 Å². The molecular weight excluding hydrogens is 318 g/mol. The fourth-order valence-electron chi connectivity index (χ4n) is 2.72. The molecule has 0 aliphatic carbocycles. The lowest BCUT2D eigenvalue weighted by Crippen LogP contribution is -2.63. The number of morpholine rings is 1. The van der Waals surface area contributed by atoms with E-state index in [1.165, 1.54) is 5.56 Å². The molecule has 3 nitrogen and oxygen atoms in total. The number of aryl methyl sites for hydroxylation is 1. The van der Waals surface area contributed by atoms with Crippen LogP contribution in [0.1, 0.15) is 45.2 Å². The van der Waals surface area contributed by atoms with Crippen LogP contribution in [0.15, 0.2) is 22.7 Å². The second-order valence-electron chi connectivity index (χ2n) is 6.29. The van der Waals surface area contributed by atoms with Crippen LogP contribution in [0.3, 0.4) is 0 Å². The molecule has 2 rings (SSSR count). The number of benzene rings is 1. The third kappa shape index (κ3) is 3.08. The summed E-state index contributed by atoms with van der Waals surface area (Å²) in [5, 5.41) is 14.3. The Bertz CT molecular complexity index is 489. The molecule has 0 radical (unpaired) electrons. The Kier molecular flexibility index (Phi) is 4.59. The van der Waals surface area contributed by atoms with Gasteiger partial charge in [0, 0.05) is 15.6 Å². The maximum absolute atomic E-state index is 10.9. The molecule has 1 aromatic rings. The number of rotatable bonds is 3. The first kappa shape index (κ1) is 16.0. The van der Waals surface area contributed by atoms with Crippen LogP contribution in [0.25, 0.3) is 0 Å². The van der Waals surface area contributed by atoms with E-state index in [2.05, 4.69) is 48.1 Å². The first-order valence-electron chi connectivity index (χ1n) is 7.21. The number of nitrogens with one attached hydrogen (secondary N) is 1. The van der Waals surface area contributed by atoms with Gasteiger partial charge in [-0.15, -0.1) is 0 Å². The summed E-state index contributed by atoms with van der Waals surface area (Å²) >= 11 is 3.59. The van der Waals surface area contributed by atoms with Crippen LogP contribution in [0.2, 0.25) is 0 Å². The lowest BCUT2D eigenvalue weighted by molar-refractivity contribution is -0.263. The molecule has 1 aliphatic rings. The number of hydrogen-bond donors (Lipinski definition) is 2. The largest absolute Gasteiger partial charge is 0.361 e. The van der Waals surface area contributed by atoms with Crippen molar-refractivity contribution < 1.29 is 9.84 Å². The van der Waals surface area contributed by atoms with E-state index in [1.54, 1.807) is 0 Å². The van der Waals surface area contributed by atoms with Crippen LogP contribution in [-0.2, 0) is 16.9 Å². The Balaban J connectivity index is 2.28. The summed E-state index contributed by atoms with van der Waals surface area (Å²) in [4.78, 5) is 0. The SMILES string of the molecule is CCCc1ccc(C2(O)OCC(C)(C)NC2C)cc1Br. The van der Waals surface area contributed by atoms with Gasteiger partial charge in [0.15, 0.2) is 0 Å². The summed E-state index contributed by atoms with van der Waals surface area (Å²) in [6.07, 6.45) is 2.13. The topological polar surface area (TPSA) is 41.5 Å². The molecule has 1 aliphatic heterocycles. The molecule has 0 amide bonds. The van der Waals surface area contributed by atoms with Gasteiger partial charge in [-0.3, -0.25) is 0 Å². The zero-order valence-corrected chi connectivity index (χ0v) is 14.3. The van der Waals surface area contributed by atoms with E-state index in [4.69, 9.17) is 4.74 Å². The summed E-state index contributed by atoms with van der Waals surface area (Å²) in [7, 11) is 0. The Hall–Kier alpha value is -0.420. The summed E-state index contributed by atoms with van der Waals surface area (Å²) < 4.78 is 6.84. The number of hydrogen-bond acceptors (Lipinski definition) is 3. The molecular formula is C16H24BrNO2. The number of halogens is 1. The monoisotopic (exact) mass is 341 g/mol. The highest BCUT2D eigenvalue weighted by Gasteiger charge is 2.44. The highest BCUT2D eigenvalue weighted by molar-refractivity contribution is 9.10. The van der Waals surface area contributed by atoms with Crippen molar-refractivity contribution in [3.05, 3.63) is 33.8 Å². The van der Waals surface area contributed by atoms with Crippen molar-refractivity contribution in [2.45, 2.75) is 57.9 Å². The minimum atomic E-state index is -1.28. The van der Waals surface area contributed by atoms with E-state index in [-0.39, 0.29) is 11.6 Å². The molecule has 2 unspecified atom stereocenters.